The molecule has 0 bridgehead atoms. The summed E-state index contributed by atoms with van der Waals surface area (Å²) in [5.74, 6) is -3.73. The maximum Gasteiger partial charge on any atom is 0.262 e. The summed E-state index contributed by atoms with van der Waals surface area (Å²) in [4.78, 5) is 11.0. The number of alkyl halides is 4. The fourth-order valence-corrected chi connectivity index (χ4v) is 1.20. The van der Waals surface area contributed by atoms with E-state index in [-0.39, 0.29) is 0 Å². The summed E-state index contributed by atoms with van der Waals surface area (Å²) in [6, 6.07) is -1.07. The number of halogens is 4. The smallest absolute Gasteiger partial charge is 0.262 e. The van der Waals surface area contributed by atoms with E-state index in [2.05, 4.69) is 5.32 Å². The quantitative estimate of drug-likeness (QED) is 0.666. The van der Waals surface area contributed by atoms with Crippen LogP contribution in [0.15, 0.2) is 0 Å². The van der Waals surface area contributed by atoms with Crippen LogP contribution in [0.2, 0.25) is 0 Å². The van der Waals surface area contributed by atoms with Crippen molar-refractivity contribution in [3.63, 3.8) is 0 Å². The summed E-state index contributed by atoms with van der Waals surface area (Å²) >= 11 is 0. The second kappa shape index (κ2) is 4.12. The molecule has 14 heavy (non-hydrogen) atoms. The van der Waals surface area contributed by atoms with Crippen molar-refractivity contribution < 1.29 is 22.4 Å². The summed E-state index contributed by atoms with van der Waals surface area (Å²) in [5.41, 5.74) is 0. The normalized spacial score (nSPS) is 25.4. The second-order valence-electron chi connectivity index (χ2n) is 3.13. The van der Waals surface area contributed by atoms with Crippen molar-refractivity contribution in [2.45, 2.75) is 24.8 Å². The van der Waals surface area contributed by atoms with Crippen molar-refractivity contribution in [1.29, 1.82) is 0 Å². The van der Waals surface area contributed by atoms with E-state index in [1.54, 1.807) is 0 Å². The van der Waals surface area contributed by atoms with Gasteiger partial charge in [0.25, 0.3) is 12.3 Å². The molecule has 1 rings (SSSR count). The van der Waals surface area contributed by atoms with Crippen LogP contribution in [-0.4, -0.2) is 37.4 Å². The molecule has 1 aliphatic heterocycles. The first-order valence-corrected chi connectivity index (χ1v) is 4.08. The molecule has 2 N–H and O–H groups in total. The van der Waals surface area contributed by atoms with Gasteiger partial charge in [-0.3, -0.25) is 10.1 Å². The molecule has 3 nitrogen and oxygen atoms in total. The lowest BCUT2D eigenvalue weighted by Crippen LogP contribution is -2.42. The maximum absolute atomic E-state index is 12.6. The number of hydrogen-bond donors (Lipinski definition) is 2. The minimum atomic E-state index is -2.92. The highest BCUT2D eigenvalue weighted by atomic mass is 19.3. The number of hydrogen-bond acceptors (Lipinski definition) is 2. The Bertz CT molecular complexity index is 222. The van der Waals surface area contributed by atoms with Gasteiger partial charge in [-0.2, -0.15) is 0 Å². The van der Waals surface area contributed by atoms with Crippen molar-refractivity contribution in [2.75, 3.05) is 13.1 Å². The standard InChI is InChI=1S/C7H10F4N2O/c8-5(9)2-12-6(14)4-1-7(10,11)3-13-4/h4-5,13H,1-3H2,(H,12,14). The Morgan fingerprint density at radius 2 is 2.21 bits per heavy atom. The molecule has 1 saturated heterocycles. The summed E-state index contributed by atoms with van der Waals surface area (Å²) in [7, 11) is 0. The average Bonchev–Trinajstić information content (AvgIpc) is 2.41. The van der Waals surface area contributed by atoms with Crippen LogP contribution in [0.3, 0.4) is 0 Å². The third-order valence-corrected chi connectivity index (χ3v) is 1.86. The Balaban J connectivity index is 2.33. The molecule has 0 aliphatic carbocycles. The zero-order valence-corrected chi connectivity index (χ0v) is 7.20. The number of carbonyl (C=O) groups is 1. The van der Waals surface area contributed by atoms with Gasteiger partial charge in [-0.05, 0) is 0 Å². The molecule has 1 unspecified atom stereocenters. The Hall–Kier alpha value is -0.850. The minimum absolute atomic E-state index is 0.584. The van der Waals surface area contributed by atoms with Gasteiger partial charge in [0.1, 0.15) is 0 Å². The molecule has 1 amide bonds. The molecule has 7 heteroatoms. The van der Waals surface area contributed by atoms with Gasteiger partial charge in [0.2, 0.25) is 5.91 Å². The van der Waals surface area contributed by atoms with E-state index >= 15 is 0 Å². The van der Waals surface area contributed by atoms with Crippen molar-refractivity contribution in [3.05, 3.63) is 0 Å². The molecule has 0 aromatic rings. The number of nitrogens with one attached hydrogen (secondary N) is 2. The molecule has 82 valence electrons. The molecule has 1 aliphatic rings. The van der Waals surface area contributed by atoms with E-state index in [0.29, 0.717) is 0 Å². The van der Waals surface area contributed by atoms with Crippen LogP contribution >= 0.6 is 0 Å². The van der Waals surface area contributed by atoms with E-state index in [1.165, 1.54) is 0 Å². The first kappa shape index (κ1) is 11.2. The molecular weight excluding hydrogens is 204 g/mol. The van der Waals surface area contributed by atoms with Crippen molar-refractivity contribution in [1.82, 2.24) is 10.6 Å². The third-order valence-electron chi connectivity index (χ3n) is 1.86. The molecule has 0 aromatic heterocycles. The monoisotopic (exact) mass is 214 g/mol. The van der Waals surface area contributed by atoms with Gasteiger partial charge < -0.3 is 5.32 Å². The minimum Gasteiger partial charge on any atom is -0.349 e. The fourth-order valence-electron chi connectivity index (χ4n) is 1.20. The summed E-state index contributed by atoms with van der Waals surface area (Å²) in [6.07, 6.45) is -3.30. The van der Waals surface area contributed by atoms with Gasteiger partial charge >= 0.3 is 0 Å². The van der Waals surface area contributed by atoms with Crippen LogP contribution in [0.5, 0.6) is 0 Å². The summed E-state index contributed by atoms with van der Waals surface area (Å²) in [5, 5.41) is 4.14. The lowest BCUT2D eigenvalue weighted by Gasteiger charge is -2.10. The van der Waals surface area contributed by atoms with Gasteiger partial charge in [-0.1, -0.05) is 0 Å². The molecule has 1 fully saturated rings. The fraction of sp³-hybridized carbons (Fsp3) is 0.857. The van der Waals surface area contributed by atoms with Gasteiger partial charge in [0.15, 0.2) is 0 Å². The molecule has 1 atom stereocenters. The molecule has 0 radical (unpaired) electrons. The maximum atomic E-state index is 12.6. The van der Waals surface area contributed by atoms with Crippen LogP contribution in [-0.2, 0) is 4.79 Å². The van der Waals surface area contributed by atoms with Crippen LogP contribution in [0.4, 0.5) is 17.6 Å². The highest BCUT2D eigenvalue weighted by Gasteiger charge is 2.42. The number of amides is 1. The zero-order valence-electron chi connectivity index (χ0n) is 7.20. The van der Waals surface area contributed by atoms with Crippen LogP contribution < -0.4 is 10.6 Å². The van der Waals surface area contributed by atoms with E-state index in [4.69, 9.17) is 0 Å². The Labute approximate surface area is 77.8 Å². The lowest BCUT2D eigenvalue weighted by molar-refractivity contribution is -0.124. The van der Waals surface area contributed by atoms with Crippen molar-refractivity contribution in [2.24, 2.45) is 0 Å². The molecular formula is C7H10F4N2O. The molecule has 0 spiro atoms. The predicted molar refractivity (Wildman–Crippen MR) is 40.4 cm³/mol. The average molecular weight is 214 g/mol. The summed E-state index contributed by atoms with van der Waals surface area (Å²) in [6.45, 7) is -1.39. The van der Waals surface area contributed by atoms with Gasteiger partial charge in [0, 0.05) is 6.42 Å². The summed E-state index contributed by atoms with van der Waals surface area (Å²) < 4.78 is 48.4. The highest BCUT2D eigenvalue weighted by Crippen LogP contribution is 2.24. The van der Waals surface area contributed by atoms with Crippen LogP contribution in [0, 0.1) is 0 Å². The second-order valence-corrected chi connectivity index (χ2v) is 3.13. The Morgan fingerprint density at radius 1 is 1.57 bits per heavy atom. The van der Waals surface area contributed by atoms with Crippen LogP contribution in [0.1, 0.15) is 6.42 Å². The van der Waals surface area contributed by atoms with E-state index in [0.717, 1.165) is 0 Å². The number of carbonyl (C=O) groups excluding carboxylic acids is 1. The zero-order chi connectivity index (χ0) is 10.8. The van der Waals surface area contributed by atoms with Crippen molar-refractivity contribution in [3.8, 4) is 0 Å². The van der Waals surface area contributed by atoms with Gasteiger partial charge in [-0.15, -0.1) is 0 Å². The van der Waals surface area contributed by atoms with E-state index in [1.807, 2.05) is 5.32 Å². The van der Waals surface area contributed by atoms with Gasteiger partial charge in [-0.25, -0.2) is 17.6 Å². The highest BCUT2D eigenvalue weighted by molar-refractivity contribution is 5.82. The predicted octanol–water partition coefficient (Wildman–Crippen LogP) is 0.365. The van der Waals surface area contributed by atoms with E-state index < -0.39 is 43.8 Å². The topological polar surface area (TPSA) is 41.1 Å². The lowest BCUT2D eigenvalue weighted by atomic mass is 10.2. The molecule has 1 heterocycles. The van der Waals surface area contributed by atoms with Gasteiger partial charge in [0.05, 0.1) is 19.1 Å². The molecule has 0 aromatic carbocycles. The third kappa shape index (κ3) is 3.13. The molecule has 0 saturated carbocycles. The largest absolute Gasteiger partial charge is 0.349 e. The first-order valence-electron chi connectivity index (χ1n) is 4.08. The Morgan fingerprint density at radius 3 is 2.64 bits per heavy atom. The first-order chi connectivity index (χ1) is 6.41. The van der Waals surface area contributed by atoms with Crippen LogP contribution in [0.25, 0.3) is 0 Å². The van der Waals surface area contributed by atoms with Crippen molar-refractivity contribution >= 4 is 5.91 Å². The SMILES string of the molecule is O=C(NCC(F)F)C1CC(F)(F)CN1. The number of rotatable bonds is 3. The Kier molecular flexibility index (Phi) is 3.30. The van der Waals surface area contributed by atoms with E-state index in [9.17, 15) is 22.4 Å².